The highest BCUT2D eigenvalue weighted by Gasteiger charge is 2.31. The maximum atomic E-state index is 5.65. The zero-order valence-corrected chi connectivity index (χ0v) is 22.5. The molecule has 4 aliphatic rings. The van der Waals surface area contributed by atoms with E-state index in [2.05, 4.69) is 68.1 Å². The summed E-state index contributed by atoms with van der Waals surface area (Å²) < 4.78 is 22.6. The second kappa shape index (κ2) is 13.0. The number of benzene rings is 2. The third kappa shape index (κ3) is 6.13. The lowest BCUT2D eigenvalue weighted by atomic mass is 9.99. The van der Waals surface area contributed by atoms with Gasteiger partial charge >= 0.3 is 0 Å². The maximum Gasteiger partial charge on any atom is 0.0889 e. The first-order valence-corrected chi connectivity index (χ1v) is 14.3. The van der Waals surface area contributed by atoms with Crippen LogP contribution in [0.25, 0.3) is 11.1 Å². The molecule has 4 saturated heterocycles. The molecule has 0 amide bonds. The van der Waals surface area contributed by atoms with Crippen LogP contribution in [0.2, 0.25) is 0 Å². The molecule has 2 aromatic carbocycles. The van der Waals surface area contributed by atoms with Gasteiger partial charge in [0.15, 0.2) is 0 Å². The van der Waals surface area contributed by atoms with E-state index in [1.807, 2.05) is 0 Å². The fourth-order valence-electron chi connectivity index (χ4n) is 6.29. The summed E-state index contributed by atoms with van der Waals surface area (Å²) in [7, 11) is 0. The summed E-state index contributed by atoms with van der Waals surface area (Å²) in [6.45, 7) is 14.2. The van der Waals surface area contributed by atoms with E-state index in [-0.39, 0.29) is 12.3 Å². The average molecular weight is 523 g/mol. The number of rotatable bonds is 7. The van der Waals surface area contributed by atoms with Crippen LogP contribution in [0.5, 0.6) is 0 Å². The molecule has 38 heavy (non-hydrogen) atoms. The zero-order valence-electron chi connectivity index (χ0n) is 22.5. The molecule has 4 heterocycles. The summed E-state index contributed by atoms with van der Waals surface area (Å²) in [6, 6.07) is 18.5. The summed E-state index contributed by atoms with van der Waals surface area (Å²) in [5.74, 6) is 0. The van der Waals surface area contributed by atoms with Gasteiger partial charge in [0, 0.05) is 52.4 Å². The smallest absolute Gasteiger partial charge is 0.0889 e. The summed E-state index contributed by atoms with van der Waals surface area (Å²) >= 11 is 0. The second-order valence-corrected chi connectivity index (χ2v) is 10.6. The number of hydrogen-bond donors (Lipinski definition) is 0. The van der Waals surface area contributed by atoms with Crippen molar-refractivity contribution in [1.29, 1.82) is 0 Å². The number of ether oxygens (including phenoxy) is 4. The molecule has 6 rings (SSSR count). The van der Waals surface area contributed by atoms with Gasteiger partial charge in [0.2, 0.25) is 0 Å². The van der Waals surface area contributed by atoms with Gasteiger partial charge in [0.25, 0.3) is 0 Å². The number of hydrogen-bond acceptors (Lipinski definition) is 8. The first kappa shape index (κ1) is 26.3. The summed E-state index contributed by atoms with van der Waals surface area (Å²) in [4.78, 5) is 10.3. The fraction of sp³-hybridized carbons (Fsp3) is 0.600. The SMILES string of the molecule is c1cc(C(N2CCOCC2)N2CCOCC2)ccc1-c1ccc(C(N2CCOCC2)N2CCOCC2)cc1. The van der Waals surface area contributed by atoms with Crippen molar-refractivity contribution in [2.45, 2.75) is 12.3 Å². The van der Waals surface area contributed by atoms with Crippen molar-refractivity contribution in [2.75, 3.05) is 105 Å². The van der Waals surface area contributed by atoms with E-state index in [9.17, 15) is 0 Å². The van der Waals surface area contributed by atoms with E-state index in [0.717, 1.165) is 105 Å². The minimum absolute atomic E-state index is 0.280. The van der Waals surface area contributed by atoms with Crippen LogP contribution in [0.15, 0.2) is 48.5 Å². The highest BCUT2D eigenvalue weighted by Crippen LogP contribution is 2.32. The lowest BCUT2D eigenvalue weighted by Gasteiger charge is -2.43. The maximum absolute atomic E-state index is 5.65. The first-order valence-electron chi connectivity index (χ1n) is 14.3. The molecule has 0 spiro atoms. The quantitative estimate of drug-likeness (QED) is 0.550. The monoisotopic (exact) mass is 522 g/mol. The van der Waals surface area contributed by atoms with Crippen molar-refractivity contribution in [1.82, 2.24) is 19.6 Å². The first-order chi connectivity index (χ1) is 18.9. The summed E-state index contributed by atoms with van der Waals surface area (Å²) in [5.41, 5.74) is 5.23. The molecule has 206 valence electrons. The molecule has 0 saturated carbocycles. The van der Waals surface area contributed by atoms with E-state index in [0.29, 0.717) is 0 Å². The topological polar surface area (TPSA) is 49.9 Å². The molecule has 4 aliphatic heterocycles. The summed E-state index contributed by atoms with van der Waals surface area (Å²) in [5, 5.41) is 0. The van der Waals surface area contributed by atoms with Gasteiger partial charge in [-0.2, -0.15) is 0 Å². The Morgan fingerprint density at radius 2 is 0.605 bits per heavy atom. The standard InChI is InChI=1S/C30H42N4O4/c1-5-27(29(31-9-17-35-18-10-31)32-11-19-36-20-12-32)6-2-25(1)26-3-7-28(8-4-26)30(33-13-21-37-22-14-33)34-15-23-38-24-16-34/h1-8,29-30H,9-24H2. The third-order valence-electron chi connectivity index (χ3n) is 8.32. The van der Waals surface area contributed by atoms with Gasteiger partial charge in [-0.1, -0.05) is 48.5 Å². The van der Waals surface area contributed by atoms with Crippen LogP contribution in [-0.4, -0.2) is 125 Å². The van der Waals surface area contributed by atoms with Crippen LogP contribution in [-0.2, 0) is 18.9 Å². The summed E-state index contributed by atoms with van der Waals surface area (Å²) in [6.07, 6.45) is 0.559. The van der Waals surface area contributed by atoms with Gasteiger partial charge in [-0.3, -0.25) is 19.6 Å². The largest absolute Gasteiger partial charge is 0.379 e. The highest BCUT2D eigenvalue weighted by atomic mass is 16.5. The van der Waals surface area contributed by atoms with Crippen LogP contribution in [0.3, 0.4) is 0 Å². The fourth-order valence-corrected chi connectivity index (χ4v) is 6.29. The molecule has 0 unspecified atom stereocenters. The minimum atomic E-state index is 0.280. The molecule has 0 atom stereocenters. The Balaban J connectivity index is 1.20. The predicted octanol–water partition coefficient (Wildman–Crippen LogP) is 2.68. The Morgan fingerprint density at radius 1 is 0.368 bits per heavy atom. The second-order valence-electron chi connectivity index (χ2n) is 10.6. The zero-order chi connectivity index (χ0) is 25.6. The van der Waals surface area contributed by atoms with Gasteiger partial charge in [-0.05, 0) is 22.3 Å². The number of morpholine rings is 4. The van der Waals surface area contributed by atoms with Crippen LogP contribution in [0.4, 0.5) is 0 Å². The van der Waals surface area contributed by atoms with E-state index in [4.69, 9.17) is 18.9 Å². The van der Waals surface area contributed by atoms with E-state index < -0.39 is 0 Å². The molecule has 2 aromatic rings. The van der Waals surface area contributed by atoms with Crippen molar-refractivity contribution in [2.24, 2.45) is 0 Å². The van der Waals surface area contributed by atoms with Gasteiger partial charge in [-0.15, -0.1) is 0 Å². The van der Waals surface area contributed by atoms with E-state index >= 15 is 0 Å². The third-order valence-corrected chi connectivity index (χ3v) is 8.32. The minimum Gasteiger partial charge on any atom is -0.379 e. The predicted molar refractivity (Wildman–Crippen MR) is 147 cm³/mol. The van der Waals surface area contributed by atoms with Crippen LogP contribution in [0.1, 0.15) is 23.5 Å². The van der Waals surface area contributed by atoms with Gasteiger partial charge in [0.05, 0.1) is 65.2 Å². The van der Waals surface area contributed by atoms with Crippen LogP contribution < -0.4 is 0 Å². The van der Waals surface area contributed by atoms with Crippen molar-refractivity contribution in [3.8, 4) is 11.1 Å². The van der Waals surface area contributed by atoms with E-state index in [1.54, 1.807) is 0 Å². The normalized spacial score (nSPS) is 23.3. The molecule has 0 aliphatic carbocycles. The lowest BCUT2D eigenvalue weighted by molar-refractivity contribution is -0.0676. The molecular weight excluding hydrogens is 480 g/mol. The Morgan fingerprint density at radius 3 is 0.842 bits per heavy atom. The van der Waals surface area contributed by atoms with Crippen LogP contribution >= 0.6 is 0 Å². The van der Waals surface area contributed by atoms with Gasteiger partial charge < -0.3 is 18.9 Å². The average Bonchev–Trinajstić information content (AvgIpc) is 3.00. The lowest BCUT2D eigenvalue weighted by Crippen LogP contribution is -2.50. The molecule has 4 fully saturated rings. The Kier molecular flexibility index (Phi) is 9.00. The van der Waals surface area contributed by atoms with Crippen molar-refractivity contribution < 1.29 is 18.9 Å². The van der Waals surface area contributed by atoms with Crippen LogP contribution in [0, 0.1) is 0 Å². The Hall–Kier alpha value is -1.88. The Bertz CT molecular complexity index is 863. The molecule has 0 radical (unpaired) electrons. The van der Waals surface area contributed by atoms with Crippen molar-refractivity contribution in [3.63, 3.8) is 0 Å². The molecule has 0 bridgehead atoms. The van der Waals surface area contributed by atoms with Crippen molar-refractivity contribution >= 4 is 0 Å². The molecule has 0 N–H and O–H groups in total. The molecule has 0 aromatic heterocycles. The molecular formula is C30H42N4O4. The van der Waals surface area contributed by atoms with Gasteiger partial charge in [0.1, 0.15) is 0 Å². The number of nitrogens with zero attached hydrogens (tertiary/aromatic N) is 4. The van der Waals surface area contributed by atoms with E-state index in [1.165, 1.54) is 22.3 Å². The Labute approximate surface area is 227 Å². The highest BCUT2D eigenvalue weighted by molar-refractivity contribution is 5.64. The molecule has 8 heteroatoms. The molecule has 8 nitrogen and oxygen atoms in total. The van der Waals surface area contributed by atoms with Crippen molar-refractivity contribution in [3.05, 3.63) is 59.7 Å². The van der Waals surface area contributed by atoms with Gasteiger partial charge in [-0.25, -0.2) is 0 Å².